The molecule has 0 aliphatic heterocycles. The average molecular weight is 182 g/mol. The quantitative estimate of drug-likeness (QED) is 0.745. The van der Waals surface area contributed by atoms with E-state index in [0.717, 1.165) is 11.6 Å². The topological polar surface area (TPSA) is 26.0 Å². The van der Waals surface area contributed by atoms with Crippen LogP contribution < -0.4 is 5.73 Å². The number of nitrogens with two attached hydrogens (primary N) is 1. The zero-order valence-corrected chi connectivity index (χ0v) is 7.59. The van der Waals surface area contributed by atoms with Crippen LogP contribution in [0.3, 0.4) is 0 Å². The van der Waals surface area contributed by atoms with E-state index in [9.17, 15) is 0 Å². The molecule has 1 saturated carbocycles. The Bertz CT molecular complexity index is 285. The Morgan fingerprint density at radius 3 is 2.75 bits per heavy atom. The van der Waals surface area contributed by atoms with E-state index >= 15 is 0 Å². The number of benzene rings is 1. The van der Waals surface area contributed by atoms with Gasteiger partial charge in [-0.2, -0.15) is 0 Å². The Balaban J connectivity index is 2.19. The number of rotatable bonds is 2. The van der Waals surface area contributed by atoms with E-state index in [4.69, 9.17) is 17.3 Å². The normalized spacial score (nSPS) is 27.2. The van der Waals surface area contributed by atoms with Crippen LogP contribution in [-0.4, -0.2) is 6.54 Å². The van der Waals surface area contributed by atoms with E-state index in [1.165, 1.54) is 12.0 Å². The molecule has 1 fully saturated rings. The summed E-state index contributed by atoms with van der Waals surface area (Å²) in [5.74, 6) is 1.30. The molecule has 1 aromatic rings. The van der Waals surface area contributed by atoms with Gasteiger partial charge < -0.3 is 5.73 Å². The molecule has 2 heteroatoms. The van der Waals surface area contributed by atoms with Crippen molar-refractivity contribution in [2.75, 3.05) is 6.54 Å². The van der Waals surface area contributed by atoms with Crippen molar-refractivity contribution in [1.29, 1.82) is 0 Å². The summed E-state index contributed by atoms with van der Waals surface area (Å²) in [6, 6.07) is 8.05. The van der Waals surface area contributed by atoms with Crippen molar-refractivity contribution in [3.8, 4) is 0 Å². The zero-order chi connectivity index (χ0) is 8.55. The van der Waals surface area contributed by atoms with Crippen molar-refractivity contribution >= 4 is 11.6 Å². The Morgan fingerprint density at radius 2 is 2.17 bits per heavy atom. The van der Waals surface area contributed by atoms with Gasteiger partial charge >= 0.3 is 0 Å². The third-order valence-electron chi connectivity index (χ3n) is 2.53. The molecular weight excluding hydrogens is 170 g/mol. The fourth-order valence-electron chi connectivity index (χ4n) is 1.66. The minimum Gasteiger partial charge on any atom is -0.330 e. The lowest BCUT2D eigenvalue weighted by Crippen LogP contribution is -2.01. The van der Waals surface area contributed by atoms with E-state index in [-0.39, 0.29) is 0 Å². The molecule has 0 radical (unpaired) electrons. The second-order valence-electron chi connectivity index (χ2n) is 3.36. The van der Waals surface area contributed by atoms with Gasteiger partial charge in [0.15, 0.2) is 0 Å². The molecule has 2 atom stereocenters. The highest BCUT2D eigenvalue weighted by Gasteiger charge is 2.37. The number of hydrogen-bond acceptors (Lipinski definition) is 1. The second kappa shape index (κ2) is 3.08. The summed E-state index contributed by atoms with van der Waals surface area (Å²) in [4.78, 5) is 0. The summed E-state index contributed by atoms with van der Waals surface area (Å²) in [7, 11) is 0. The van der Waals surface area contributed by atoms with Crippen molar-refractivity contribution in [3.05, 3.63) is 34.9 Å². The van der Waals surface area contributed by atoms with Crippen molar-refractivity contribution in [2.45, 2.75) is 12.3 Å². The van der Waals surface area contributed by atoms with Gasteiger partial charge in [-0.3, -0.25) is 0 Å². The van der Waals surface area contributed by atoms with E-state index in [1.54, 1.807) is 0 Å². The van der Waals surface area contributed by atoms with Crippen LogP contribution in [0.2, 0.25) is 5.02 Å². The van der Waals surface area contributed by atoms with Crippen LogP contribution in [0.1, 0.15) is 17.9 Å². The molecule has 0 aromatic heterocycles. The van der Waals surface area contributed by atoms with Gasteiger partial charge in [0.25, 0.3) is 0 Å². The van der Waals surface area contributed by atoms with Crippen molar-refractivity contribution in [2.24, 2.45) is 11.7 Å². The molecule has 0 saturated heterocycles. The Morgan fingerprint density at radius 1 is 1.42 bits per heavy atom. The molecule has 0 unspecified atom stereocenters. The van der Waals surface area contributed by atoms with Crippen LogP contribution in [0.4, 0.5) is 0 Å². The molecule has 1 nitrogen and oxygen atoms in total. The van der Waals surface area contributed by atoms with E-state index in [2.05, 4.69) is 6.07 Å². The maximum atomic E-state index is 6.04. The third-order valence-corrected chi connectivity index (χ3v) is 2.87. The summed E-state index contributed by atoms with van der Waals surface area (Å²) in [5.41, 5.74) is 6.84. The molecule has 0 bridgehead atoms. The van der Waals surface area contributed by atoms with Gasteiger partial charge in [-0.25, -0.2) is 0 Å². The maximum Gasteiger partial charge on any atom is 0.0440 e. The summed E-state index contributed by atoms with van der Waals surface area (Å²) < 4.78 is 0. The Kier molecular flexibility index (Phi) is 2.07. The van der Waals surface area contributed by atoms with Gasteiger partial charge in [-0.05, 0) is 36.4 Å². The molecule has 1 aliphatic carbocycles. The van der Waals surface area contributed by atoms with Crippen LogP contribution in [-0.2, 0) is 0 Å². The first-order valence-electron chi connectivity index (χ1n) is 4.27. The maximum absolute atomic E-state index is 6.04. The fourth-order valence-corrected chi connectivity index (χ4v) is 1.94. The van der Waals surface area contributed by atoms with Gasteiger partial charge in [-0.15, -0.1) is 0 Å². The van der Waals surface area contributed by atoms with Crippen molar-refractivity contribution in [1.82, 2.24) is 0 Å². The lowest BCUT2D eigenvalue weighted by molar-refractivity contribution is 0.810. The van der Waals surface area contributed by atoms with E-state index in [1.807, 2.05) is 18.2 Å². The van der Waals surface area contributed by atoms with E-state index in [0.29, 0.717) is 11.8 Å². The van der Waals surface area contributed by atoms with Gasteiger partial charge in [0.1, 0.15) is 0 Å². The molecule has 0 spiro atoms. The fraction of sp³-hybridized carbons (Fsp3) is 0.400. The minimum atomic E-state index is 0.628. The zero-order valence-electron chi connectivity index (χ0n) is 6.83. The van der Waals surface area contributed by atoms with Gasteiger partial charge in [0.05, 0.1) is 0 Å². The molecular formula is C10H12ClN. The van der Waals surface area contributed by atoms with Crippen LogP contribution >= 0.6 is 11.6 Å². The molecule has 2 N–H and O–H groups in total. The molecule has 0 heterocycles. The minimum absolute atomic E-state index is 0.628. The predicted molar refractivity (Wildman–Crippen MR) is 51.4 cm³/mol. The summed E-state index contributed by atoms with van der Waals surface area (Å²) in [6.45, 7) is 0.788. The Hall–Kier alpha value is -0.530. The van der Waals surface area contributed by atoms with Gasteiger partial charge in [-0.1, -0.05) is 29.8 Å². The number of halogens is 1. The average Bonchev–Trinajstić information content (AvgIpc) is 2.84. The first-order chi connectivity index (χ1) is 5.83. The monoisotopic (exact) mass is 181 g/mol. The van der Waals surface area contributed by atoms with Crippen LogP contribution in [0.5, 0.6) is 0 Å². The van der Waals surface area contributed by atoms with Crippen LogP contribution in [0, 0.1) is 5.92 Å². The van der Waals surface area contributed by atoms with Crippen molar-refractivity contribution in [3.63, 3.8) is 0 Å². The lowest BCUT2D eigenvalue weighted by Gasteiger charge is -2.01. The molecule has 64 valence electrons. The highest BCUT2D eigenvalue weighted by molar-refractivity contribution is 6.31. The molecule has 0 amide bonds. The first kappa shape index (κ1) is 8.09. The largest absolute Gasteiger partial charge is 0.330 e. The smallest absolute Gasteiger partial charge is 0.0440 e. The summed E-state index contributed by atoms with van der Waals surface area (Å²) in [6.07, 6.45) is 1.21. The standard InChI is InChI=1S/C10H12ClN/c11-10-4-2-1-3-8(10)9-5-7(9)6-12/h1-4,7,9H,5-6,12H2/t7-,9+/m1/s1. The highest BCUT2D eigenvalue weighted by Crippen LogP contribution is 2.48. The lowest BCUT2D eigenvalue weighted by atomic mass is 10.1. The molecule has 12 heavy (non-hydrogen) atoms. The third kappa shape index (κ3) is 1.35. The summed E-state index contributed by atoms with van der Waals surface area (Å²) in [5, 5.41) is 0.887. The highest BCUT2D eigenvalue weighted by atomic mass is 35.5. The predicted octanol–water partition coefficient (Wildman–Crippen LogP) is 2.40. The molecule has 1 aliphatic rings. The van der Waals surface area contributed by atoms with Crippen LogP contribution in [0.25, 0.3) is 0 Å². The second-order valence-corrected chi connectivity index (χ2v) is 3.77. The van der Waals surface area contributed by atoms with Crippen molar-refractivity contribution < 1.29 is 0 Å². The molecule has 2 rings (SSSR count). The van der Waals surface area contributed by atoms with Gasteiger partial charge in [0, 0.05) is 5.02 Å². The first-order valence-corrected chi connectivity index (χ1v) is 4.65. The molecule has 1 aromatic carbocycles. The number of hydrogen-bond donors (Lipinski definition) is 1. The summed E-state index contributed by atoms with van der Waals surface area (Å²) >= 11 is 6.04. The van der Waals surface area contributed by atoms with Crippen LogP contribution in [0.15, 0.2) is 24.3 Å². The van der Waals surface area contributed by atoms with E-state index < -0.39 is 0 Å². The van der Waals surface area contributed by atoms with Gasteiger partial charge in [0.2, 0.25) is 0 Å². The Labute approximate surface area is 77.5 Å². The SMILES string of the molecule is NC[C@H]1C[C@@H]1c1ccccc1Cl.